The highest BCUT2D eigenvalue weighted by atomic mass is 80.0. The van der Waals surface area contributed by atoms with Crippen LogP contribution in [0.5, 0.6) is 0 Å². The van der Waals surface area contributed by atoms with E-state index in [1.165, 1.54) is 0 Å². The third-order valence-corrected chi connectivity index (χ3v) is 23.9. The summed E-state index contributed by atoms with van der Waals surface area (Å²) in [6.07, 6.45) is 0. The molecule has 0 radical (unpaired) electrons. The van der Waals surface area contributed by atoms with Gasteiger partial charge in [0.1, 0.15) is 14.0 Å². The molecule has 1 rings (SSSR count). The molecule has 1 aromatic carbocycles. The van der Waals surface area contributed by atoms with E-state index in [1.54, 1.807) is 0 Å². The maximum absolute atomic E-state index is 3.87. The Labute approximate surface area is 256 Å². The molecule has 1 aromatic rings. The molecular formula is C12H5Br13. The summed E-state index contributed by atoms with van der Waals surface area (Å²) >= 11 is 48.9. The van der Waals surface area contributed by atoms with E-state index in [4.69, 9.17) is 0 Å². The molecule has 0 bridgehead atoms. The summed E-state index contributed by atoms with van der Waals surface area (Å²) in [7, 11) is 0. The third-order valence-electron chi connectivity index (χ3n) is 3.14. The van der Waals surface area contributed by atoms with Gasteiger partial charge in [-0.3, -0.25) is 0 Å². The van der Waals surface area contributed by atoms with Gasteiger partial charge in [-0.25, -0.2) is 0 Å². The van der Waals surface area contributed by atoms with Crippen molar-refractivity contribution in [1.29, 1.82) is 0 Å². The van der Waals surface area contributed by atoms with Gasteiger partial charge >= 0.3 is 0 Å². The lowest BCUT2D eigenvalue weighted by molar-refractivity contribution is 0.572. The lowest BCUT2D eigenvalue weighted by Gasteiger charge is -2.56. The lowest BCUT2D eigenvalue weighted by Crippen LogP contribution is -2.66. The minimum atomic E-state index is -0.893. The van der Waals surface area contributed by atoms with Crippen LogP contribution in [0.15, 0.2) is 30.3 Å². The fourth-order valence-electron chi connectivity index (χ4n) is 1.76. The monoisotopic (exact) mass is 1170 g/mol. The smallest absolute Gasteiger partial charge is 0.0758 e. The Hall–Kier alpha value is 5.46. The molecule has 0 heterocycles. The Kier molecular flexibility index (Phi) is 11.1. The predicted octanol–water partition coefficient (Wildman–Crippen LogP) is 11.4. The second-order valence-electron chi connectivity index (χ2n) is 4.74. The molecule has 0 saturated heterocycles. The Morgan fingerprint density at radius 3 is 1.16 bits per heavy atom. The minimum absolute atomic E-state index is 0.725. The highest BCUT2D eigenvalue weighted by molar-refractivity contribution is 9.42. The maximum Gasteiger partial charge on any atom is 0.155 e. The Morgan fingerprint density at radius 2 is 0.840 bits per heavy atom. The summed E-state index contributed by atoms with van der Waals surface area (Å²) in [4.78, 5) is 0. The van der Waals surface area contributed by atoms with E-state index in [0.29, 0.717) is 0 Å². The first-order valence-corrected chi connectivity index (χ1v) is 16.2. The van der Waals surface area contributed by atoms with Crippen molar-refractivity contribution in [1.82, 2.24) is 0 Å². The number of alkyl halides is 13. The molecule has 0 aliphatic rings. The van der Waals surface area contributed by atoms with Gasteiger partial charge in [0, 0.05) is 0 Å². The van der Waals surface area contributed by atoms with Crippen LogP contribution in [0.25, 0.3) is 0 Å². The highest BCUT2D eigenvalue weighted by Crippen LogP contribution is 2.76. The summed E-state index contributed by atoms with van der Waals surface area (Å²) in [5, 5.41) is 0. The zero-order chi connectivity index (χ0) is 20.1. The Morgan fingerprint density at radius 1 is 0.480 bits per heavy atom. The molecule has 0 saturated carbocycles. The SMILES string of the molecule is BrC(Br)(Br)C(Br)(C(Br)(Br)Br)C(Br)(Br)C(Br)(Br)C(Br)(Br)c1ccccc1. The van der Waals surface area contributed by atoms with E-state index < -0.39 is 18.3 Å². The number of hydrogen-bond donors (Lipinski definition) is 0. The third kappa shape index (κ3) is 5.35. The van der Waals surface area contributed by atoms with Crippen LogP contribution in [0.2, 0.25) is 0 Å². The first-order valence-electron chi connectivity index (χ1n) is 5.87. The molecule has 0 spiro atoms. The number of benzene rings is 1. The van der Waals surface area contributed by atoms with Crippen LogP contribution in [0.3, 0.4) is 0 Å². The molecule has 0 unspecified atom stereocenters. The van der Waals surface area contributed by atoms with Gasteiger partial charge in [-0.2, -0.15) is 0 Å². The van der Waals surface area contributed by atoms with Gasteiger partial charge in [0.2, 0.25) is 0 Å². The molecular weight excluding hydrogens is 1180 g/mol. The summed E-state index contributed by atoms with van der Waals surface area (Å²) in [5.41, 5.74) is 0.996. The lowest BCUT2D eigenvalue weighted by atomic mass is 10.0. The van der Waals surface area contributed by atoms with Crippen molar-refractivity contribution in [3.63, 3.8) is 0 Å². The first-order chi connectivity index (χ1) is 10.9. The van der Waals surface area contributed by atoms with Crippen LogP contribution in [0.1, 0.15) is 5.56 Å². The van der Waals surface area contributed by atoms with E-state index in [2.05, 4.69) is 207 Å². The van der Waals surface area contributed by atoms with E-state index >= 15 is 0 Å². The maximum atomic E-state index is 3.87. The largest absolute Gasteiger partial charge is 0.155 e. The topological polar surface area (TPSA) is 0 Å². The standard InChI is InChI=1S/C12H5Br13/c13-7(14,6-4-2-1-3-5-6)9(16,17)10(18,19)8(15,11(20,21)22)12(23,24)25/h1-5H. The molecule has 0 N–H and O–H groups in total. The van der Waals surface area contributed by atoms with E-state index in [0.717, 1.165) is 5.56 Å². The van der Waals surface area contributed by atoms with Crippen LogP contribution >= 0.6 is 207 Å². The van der Waals surface area contributed by atoms with Crippen molar-refractivity contribution in [2.24, 2.45) is 0 Å². The fourth-order valence-corrected chi connectivity index (χ4v) is 16.8. The van der Waals surface area contributed by atoms with Crippen molar-refractivity contribution >= 4 is 207 Å². The Bertz CT molecular complexity index is 582. The summed E-state index contributed by atoms with van der Waals surface area (Å²) < 4.78 is -4.90. The number of rotatable bonds is 4. The van der Waals surface area contributed by atoms with Gasteiger partial charge in [-0.05, 0) is 5.56 Å². The summed E-state index contributed by atoms with van der Waals surface area (Å²) in [6, 6.07) is 9.94. The van der Waals surface area contributed by atoms with Gasteiger partial charge in [0.05, 0.1) is 0 Å². The second kappa shape index (κ2) is 9.75. The van der Waals surface area contributed by atoms with Crippen molar-refractivity contribution in [2.75, 3.05) is 0 Å². The number of halogens is 13. The van der Waals surface area contributed by atoms with Crippen molar-refractivity contribution in [3.05, 3.63) is 35.9 Å². The summed E-state index contributed by atoms with van der Waals surface area (Å²) in [5.74, 6) is 0. The predicted molar refractivity (Wildman–Crippen MR) is 158 cm³/mol. The summed E-state index contributed by atoms with van der Waals surface area (Å²) in [6.45, 7) is 0. The minimum Gasteiger partial charge on any atom is -0.0758 e. The van der Waals surface area contributed by atoms with E-state index in [1.807, 2.05) is 30.3 Å². The molecule has 0 aliphatic heterocycles. The molecule has 0 fully saturated rings. The molecule has 0 aromatic heterocycles. The van der Waals surface area contributed by atoms with Crippen molar-refractivity contribution in [3.8, 4) is 0 Å². The average molecular weight is 1190 g/mol. The van der Waals surface area contributed by atoms with Crippen LogP contribution < -0.4 is 0 Å². The first kappa shape index (κ1) is 28.5. The van der Waals surface area contributed by atoms with Crippen LogP contribution in [0, 0.1) is 0 Å². The van der Waals surface area contributed by atoms with Crippen molar-refractivity contribution < 1.29 is 0 Å². The van der Waals surface area contributed by atoms with E-state index in [-0.39, 0.29) is 0 Å². The number of hydrogen-bond acceptors (Lipinski definition) is 0. The quantitative estimate of drug-likeness (QED) is 0.264. The van der Waals surface area contributed by atoms with Crippen LogP contribution in [-0.4, -0.2) is 15.1 Å². The molecule has 0 amide bonds. The molecule has 13 heteroatoms. The highest BCUT2D eigenvalue weighted by Gasteiger charge is 2.75. The van der Waals surface area contributed by atoms with Gasteiger partial charge in [0.15, 0.2) is 4.29 Å². The fraction of sp³-hybridized carbons (Fsp3) is 0.500. The van der Waals surface area contributed by atoms with Gasteiger partial charge in [-0.1, -0.05) is 237 Å². The average Bonchev–Trinajstić information content (AvgIpc) is 2.44. The second-order valence-corrected chi connectivity index (χ2v) is 29.8. The molecule has 0 atom stereocenters. The molecule has 0 aliphatic carbocycles. The van der Waals surface area contributed by atoms with Gasteiger partial charge < -0.3 is 0 Å². The van der Waals surface area contributed by atoms with Crippen LogP contribution in [0.4, 0.5) is 0 Å². The van der Waals surface area contributed by atoms with E-state index in [9.17, 15) is 0 Å². The van der Waals surface area contributed by atoms with Gasteiger partial charge in [0.25, 0.3) is 0 Å². The van der Waals surface area contributed by atoms with Gasteiger partial charge in [-0.15, -0.1) is 0 Å². The molecule has 144 valence electrons. The Balaban J connectivity index is 3.68. The zero-order valence-electron chi connectivity index (χ0n) is 11.3. The normalized spacial score (nSPS) is 15.4. The molecule has 25 heavy (non-hydrogen) atoms. The zero-order valence-corrected chi connectivity index (χ0v) is 31.9. The van der Waals surface area contributed by atoms with Crippen molar-refractivity contribution in [2.45, 2.75) is 18.3 Å². The van der Waals surface area contributed by atoms with Crippen LogP contribution in [-0.2, 0) is 3.23 Å². The molecule has 0 nitrogen and oxygen atoms in total.